The van der Waals surface area contributed by atoms with Crippen molar-refractivity contribution in [2.45, 2.75) is 4.90 Å². The van der Waals surface area contributed by atoms with E-state index in [1.807, 2.05) is 35.9 Å². The van der Waals surface area contributed by atoms with Crippen molar-refractivity contribution in [1.82, 2.24) is 9.55 Å². The van der Waals surface area contributed by atoms with Crippen LogP contribution in [0.15, 0.2) is 59.5 Å². The molecule has 0 aliphatic heterocycles. The normalized spacial score (nSPS) is 11.9. The van der Waals surface area contributed by atoms with Gasteiger partial charge in [0.2, 0.25) is 11.8 Å². The van der Waals surface area contributed by atoms with Gasteiger partial charge >= 0.3 is 7.82 Å². The van der Waals surface area contributed by atoms with Crippen LogP contribution in [0.4, 0.5) is 5.69 Å². The molecule has 194 valence electrons. The average Bonchev–Trinajstić information content (AvgIpc) is 3.12. The first-order valence-electron chi connectivity index (χ1n) is 10.4. The number of para-hydroxylation sites is 1. The van der Waals surface area contributed by atoms with Gasteiger partial charge in [0.25, 0.3) is 10.0 Å². The van der Waals surface area contributed by atoms with E-state index < -0.39 is 31.0 Å². The van der Waals surface area contributed by atoms with Crippen LogP contribution in [0.2, 0.25) is 0 Å². The molecule has 0 saturated heterocycles. The highest BCUT2D eigenvalue weighted by atomic mass is 35.5. The van der Waals surface area contributed by atoms with Crippen molar-refractivity contribution in [2.75, 3.05) is 31.7 Å². The summed E-state index contributed by atoms with van der Waals surface area (Å²) in [5.74, 6) is 0.155. The van der Waals surface area contributed by atoms with E-state index in [-0.39, 0.29) is 34.7 Å². The Kier molecular flexibility index (Phi) is 8.19. The molecule has 0 amide bonds. The monoisotopic (exact) mass is 557 g/mol. The lowest BCUT2D eigenvalue weighted by molar-refractivity contribution is 0.202. The van der Waals surface area contributed by atoms with Crippen molar-refractivity contribution in [1.29, 1.82) is 0 Å². The first-order valence-corrected chi connectivity index (χ1v) is 13.3. The number of methoxy groups -OCH3 is 2. The molecule has 0 unspecified atom stereocenters. The average molecular weight is 558 g/mol. The number of anilines is 1. The maximum Gasteiger partial charge on any atom is 0.469 e. The molecule has 0 bridgehead atoms. The highest BCUT2D eigenvalue weighted by Gasteiger charge is 2.30. The van der Waals surface area contributed by atoms with Crippen molar-refractivity contribution < 1.29 is 36.8 Å². The van der Waals surface area contributed by atoms with Gasteiger partial charge in [0, 0.05) is 34.9 Å². The maximum atomic E-state index is 13.9. The number of hydrogen-bond donors (Lipinski definition) is 2. The smallest absolute Gasteiger partial charge is 0.469 e. The van der Waals surface area contributed by atoms with Crippen LogP contribution in [0.5, 0.6) is 11.8 Å². The SMILES string of the molecule is COc1ccc(N(CCOP(=O)(O)O)S(=O)(=O)c2ccc3c(c2)c2ccccc2n3C)c(OC)n1.Cl. The van der Waals surface area contributed by atoms with Gasteiger partial charge in [-0.1, -0.05) is 18.2 Å². The van der Waals surface area contributed by atoms with Crippen LogP contribution in [0.25, 0.3) is 21.8 Å². The summed E-state index contributed by atoms with van der Waals surface area (Å²) in [6.45, 7) is -0.986. The minimum absolute atomic E-state index is 0. The molecule has 0 saturated carbocycles. The number of phosphoric ester groups is 1. The topological polar surface area (TPSA) is 140 Å². The number of pyridine rings is 1. The van der Waals surface area contributed by atoms with Gasteiger partial charge in [-0.2, -0.15) is 4.98 Å². The molecular formula is C22H25ClN3O8PS. The van der Waals surface area contributed by atoms with Crippen LogP contribution < -0.4 is 13.8 Å². The predicted molar refractivity (Wildman–Crippen MR) is 138 cm³/mol. The van der Waals surface area contributed by atoms with Crippen LogP contribution in [0.1, 0.15) is 0 Å². The first kappa shape index (κ1) is 27.7. The van der Waals surface area contributed by atoms with Gasteiger partial charge < -0.3 is 23.8 Å². The second-order valence-corrected chi connectivity index (χ2v) is 10.6. The molecule has 4 aromatic rings. The van der Waals surface area contributed by atoms with Gasteiger partial charge in [-0.25, -0.2) is 13.0 Å². The number of benzene rings is 2. The summed E-state index contributed by atoms with van der Waals surface area (Å²) in [7, 11) is -4.43. The quantitative estimate of drug-likeness (QED) is 0.296. The van der Waals surface area contributed by atoms with Gasteiger partial charge in [-0.3, -0.25) is 8.83 Å². The Morgan fingerprint density at radius 2 is 1.69 bits per heavy atom. The van der Waals surface area contributed by atoms with E-state index in [4.69, 9.17) is 19.3 Å². The van der Waals surface area contributed by atoms with Crippen LogP contribution >= 0.6 is 20.2 Å². The molecule has 0 aliphatic rings. The van der Waals surface area contributed by atoms with E-state index in [0.29, 0.717) is 0 Å². The zero-order valence-corrected chi connectivity index (χ0v) is 22.1. The summed E-state index contributed by atoms with van der Waals surface area (Å²) < 4.78 is 56.7. The van der Waals surface area contributed by atoms with Crippen molar-refractivity contribution in [3.05, 3.63) is 54.6 Å². The van der Waals surface area contributed by atoms with Gasteiger partial charge in [-0.05, 0) is 30.3 Å². The molecule has 2 aromatic carbocycles. The molecule has 0 atom stereocenters. The fourth-order valence-corrected chi connectivity index (χ4v) is 5.71. The highest BCUT2D eigenvalue weighted by Crippen LogP contribution is 2.38. The Balaban J connectivity index is 0.00000361. The van der Waals surface area contributed by atoms with Crippen LogP contribution in [-0.4, -0.2) is 55.1 Å². The molecule has 2 heterocycles. The number of fused-ring (bicyclic) bond motifs is 3. The minimum Gasteiger partial charge on any atom is -0.481 e. The lowest BCUT2D eigenvalue weighted by Gasteiger charge is -2.25. The Labute approximate surface area is 213 Å². The van der Waals surface area contributed by atoms with E-state index in [1.165, 1.54) is 32.4 Å². The molecule has 11 nitrogen and oxygen atoms in total. The molecular weight excluding hydrogens is 533 g/mol. The van der Waals surface area contributed by atoms with Gasteiger partial charge in [-0.15, -0.1) is 12.4 Å². The Hall–Kier alpha value is -2.86. The number of rotatable bonds is 9. The van der Waals surface area contributed by atoms with E-state index >= 15 is 0 Å². The van der Waals surface area contributed by atoms with Crippen LogP contribution in [0.3, 0.4) is 0 Å². The Morgan fingerprint density at radius 3 is 2.36 bits per heavy atom. The number of phosphoric acid groups is 1. The summed E-state index contributed by atoms with van der Waals surface area (Å²) >= 11 is 0. The second kappa shape index (κ2) is 10.6. The number of aryl methyl sites for hydroxylation is 1. The number of aromatic nitrogens is 2. The predicted octanol–water partition coefficient (Wildman–Crippen LogP) is 3.47. The summed E-state index contributed by atoms with van der Waals surface area (Å²) in [4.78, 5) is 22.3. The van der Waals surface area contributed by atoms with Crippen molar-refractivity contribution in [3.63, 3.8) is 0 Å². The number of sulfonamides is 1. The van der Waals surface area contributed by atoms with Gasteiger partial charge in [0.15, 0.2) is 0 Å². The second-order valence-electron chi connectivity index (χ2n) is 7.54. The van der Waals surface area contributed by atoms with Crippen LogP contribution in [0, 0.1) is 0 Å². The number of halogens is 1. The molecule has 36 heavy (non-hydrogen) atoms. The van der Waals surface area contributed by atoms with E-state index in [9.17, 15) is 13.0 Å². The zero-order valence-electron chi connectivity index (χ0n) is 19.6. The standard InChI is InChI=1S/C22H24N3O8PS.ClH/c1-24-18-7-5-4-6-16(18)17-14-15(8-9-19(17)24)35(29,30)25(12-13-33-34(26,27)28)20-10-11-21(31-2)23-22(20)32-3;/h4-11,14H,12-13H2,1-3H3,(H2,26,27,28);1H. The maximum absolute atomic E-state index is 13.9. The summed E-state index contributed by atoms with van der Waals surface area (Å²) in [6.07, 6.45) is 0. The lowest BCUT2D eigenvalue weighted by Crippen LogP contribution is -2.34. The summed E-state index contributed by atoms with van der Waals surface area (Å²) in [5.41, 5.74) is 1.86. The third-order valence-electron chi connectivity index (χ3n) is 5.51. The zero-order chi connectivity index (χ0) is 25.4. The largest absolute Gasteiger partial charge is 0.481 e. The minimum atomic E-state index is -4.82. The third-order valence-corrected chi connectivity index (χ3v) is 7.84. The van der Waals surface area contributed by atoms with E-state index in [2.05, 4.69) is 9.51 Å². The number of hydrogen-bond acceptors (Lipinski definition) is 7. The van der Waals surface area contributed by atoms with Crippen molar-refractivity contribution in [2.24, 2.45) is 7.05 Å². The number of nitrogens with zero attached hydrogens (tertiary/aromatic N) is 3. The molecule has 0 radical (unpaired) electrons. The van der Waals surface area contributed by atoms with E-state index in [1.54, 1.807) is 12.1 Å². The number of ether oxygens (including phenoxy) is 2. The molecule has 14 heteroatoms. The fraction of sp³-hybridized carbons (Fsp3) is 0.227. The lowest BCUT2D eigenvalue weighted by atomic mass is 10.1. The summed E-state index contributed by atoms with van der Waals surface area (Å²) in [6, 6.07) is 15.3. The van der Waals surface area contributed by atoms with E-state index in [0.717, 1.165) is 26.1 Å². The fourth-order valence-electron chi connectivity index (χ4n) is 3.92. The van der Waals surface area contributed by atoms with Crippen molar-refractivity contribution >= 4 is 57.7 Å². The van der Waals surface area contributed by atoms with Gasteiger partial charge in [0.1, 0.15) is 5.69 Å². The molecule has 0 aliphatic carbocycles. The first-order chi connectivity index (χ1) is 16.6. The molecule has 2 aromatic heterocycles. The summed E-state index contributed by atoms with van der Waals surface area (Å²) in [5, 5.41) is 1.64. The molecule has 0 spiro atoms. The third kappa shape index (κ3) is 5.29. The Morgan fingerprint density at radius 1 is 1.00 bits per heavy atom. The molecule has 0 fully saturated rings. The molecule has 2 N–H and O–H groups in total. The Bertz CT molecular complexity index is 1550. The molecule has 4 rings (SSSR count). The highest BCUT2D eigenvalue weighted by molar-refractivity contribution is 7.92. The van der Waals surface area contributed by atoms with Crippen LogP contribution in [-0.2, 0) is 26.2 Å². The van der Waals surface area contributed by atoms with Gasteiger partial charge in [0.05, 0.1) is 32.3 Å². The van der Waals surface area contributed by atoms with Crippen molar-refractivity contribution in [3.8, 4) is 11.8 Å².